The molecule has 0 fully saturated rings. The zero-order chi connectivity index (χ0) is 19.3. The van der Waals surface area contributed by atoms with E-state index in [9.17, 15) is 19.2 Å². The average Bonchev–Trinajstić information content (AvgIpc) is 3.03. The summed E-state index contributed by atoms with van der Waals surface area (Å²) < 4.78 is 6.79. The van der Waals surface area contributed by atoms with Gasteiger partial charge in [-0.1, -0.05) is 12.1 Å². The number of carbonyl (C=O) groups excluding carboxylic acids is 2. The Bertz CT molecular complexity index is 1160. The fourth-order valence-electron chi connectivity index (χ4n) is 3.35. The molecule has 0 N–H and O–H groups in total. The van der Waals surface area contributed by atoms with Crippen molar-refractivity contribution in [3.8, 4) is 0 Å². The van der Waals surface area contributed by atoms with Crippen LogP contribution >= 0.6 is 0 Å². The van der Waals surface area contributed by atoms with E-state index in [-0.39, 0.29) is 23.1 Å². The molecule has 3 heterocycles. The highest BCUT2D eigenvalue weighted by molar-refractivity contribution is 6.01. The number of rotatable bonds is 2. The van der Waals surface area contributed by atoms with Crippen LogP contribution in [0.15, 0.2) is 58.0 Å². The summed E-state index contributed by atoms with van der Waals surface area (Å²) in [6.45, 7) is 1.80. The molecule has 138 valence electrons. The van der Waals surface area contributed by atoms with E-state index >= 15 is 0 Å². The van der Waals surface area contributed by atoms with Gasteiger partial charge in [-0.3, -0.25) is 14.4 Å². The van der Waals surface area contributed by atoms with Gasteiger partial charge >= 0.3 is 5.97 Å². The SMILES string of the molecule is CCOC(=O)/C=C1\C(=O)n2c(=O)c3ccccc3c(=O)n2C2N(C)C=CN12. The maximum Gasteiger partial charge on any atom is 0.333 e. The molecule has 2 aromatic rings. The summed E-state index contributed by atoms with van der Waals surface area (Å²) >= 11 is 0. The Hall–Kier alpha value is -3.62. The molecular formula is C18H16N4O5. The Balaban J connectivity index is 2.05. The fourth-order valence-corrected chi connectivity index (χ4v) is 3.35. The summed E-state index contributed by atoms with van der Waals surface area (Å²) in [5.41, 5.74) is -1.14. The molecule has 0 amide bonds. The van der Waals surface area contributed by atoms with Crippen LogP contribution in [0.25, 0.3) is 10.8 Å². The van der Waals surface area contributed by atoms with E-state index in [1.807, 2.05) is 0 Å². The molecule has 1 unspecified atom stereocenters. The third kappa shape index (κ3) is 2.31. The molecule has 2 aliphatic rings. The average molecular weight is 368 g/mol. The summed E-state index contributed by atoms with van der Waals surface area (Å²) in [6, 6.07) is 6.33. The first-order valence-electron chi connectivity index (χ1n) is 8.34. The molecule has 0 radical (unpaired) electrons. The van der Waals surface area contributed by atoms with Crippen LogP contribution < -0.4 is 11.1 Å². The Morgan fingerprint density at radius 2 is 1.78 bits per heavy atom. The molecule has 0 saturated carbocycles. The lowest BCUT2D eigenvalue weighted by atomic mass is 10.2. The van der Waals surface area contributed by atoms with E-state index in [4.69, 9.17) is 4.74 Å². The van der Waals surface area contributed by atoms with Crippen LogP contribution in [-0.4, -0.2) is 44.7 Å². The number of hydrogen-bond acceptors (Lipinski definition) is 7. The van der Waals surface area contributed by atoms with Crippen LogP contribution in [0.3, 0.4) is 0 Å². The van der Waals surface area contributed by atoms with Crippen molar-refractivity contribution < 1.29 is 14.3 Å². The van der Waals surface area contributed by atoms with Crippen LogP contribution in [0.5, 0.6) is 0 Å². The van der Waals surface area contributed by atoms with Crippen molar-refractivity contribution in [3.05, 3.63) is 69.1 Å². The minimum atomic E-state index is -0.784. The normalized spacial score (nSPS) is 19.6. The summed E-state index contributed by atoms with van der Waals surface area (Å²) in [7, 11) is 1.70. The zero-order valence-electron chi connectivity index (χ0n) is 14.7. The molecule has 0 bridgehead atoms. The summed E-state index contributed by atoms with van der Waals surface area (Å²) in [4.78, 5) is 54.1. The van der Waals surface area contributed by atoms with E-state index in [1.165, 1.54) is 11.0 Å². The molecule has 0 aliphatic carbocycles. The lowest BCUT2D eigenvalue weighted by Crippen LogP contribution is -2.55. The van der Waals surface area contributed by atoms with Gasteiger partial charge in [-0.15, -0.1) is 0 Å². The number of ether oxygens (including phenoxy) is 1. The van der Waals surface area contributed by atoms with Crippen molar-refractivity contribution in [3.63, 3.8) is 0 Å². The van der Waals surface area contributed by atoms with Crippen molar-refractivity contribution >= 4 is 22.6 Å². The number of nitrogens with zero attached hydrogens (tertiary/aromatic N) is 4. The van der Waals surface area contributed by atoms with Gasteiger partial charge in [0.15, 0.2) is 0 Å². The number of allylic oxidation sites excluding steroid dienone is 1. The summed E-state index contributed by atoms with van der Waals surface area (Å²) in [5, 5.41) is 0.370. The number of aromatic nitrogens is 2. The van der Waals surface area contributed by atoms with Gasteiger partial charge in [0, 0.05) is 19.4 Å². The van der Waals surface area contributed by atoms with Crippen molar-refractivity contribution in [1.29, 1.82) is 0 Å². The van der Waals surface area contributed by atoms with Crippen LogP contribution in [0.1, 0.15) is 18.0 Å². The van der Waals surface area contributed by atoms with Gasteiger partial charge in [0.05, 0.1) is 23.5 Å². The molecule has 1 aromatic carbocycles. The number of carbonyl (C=O) groups is 2. The van der Waals surface area contributed by atoms with Crippen LogP contribution in [0.4, 0.5) is 0 Å². The van der Waals surface area contributed by atoms with Crippen LogP contribution in [0, 0.1) is 0 Å². The molecule has 4 rings (SSSR count). The molecule has 9 heteroatoms. The summed E-state index contributed by atoms with van der Waals surface area (Å²) in [5.74, 6) is -1.47. The van der Waals surface area contributed by atoms with Gasteiger partial charge in [-0.05, 0) is 19.1 Å². The Labute approximate surface area is 152 Å². The van der Waals surface area contributed by atoms with E-state index in [2.05, 4.69) is 0 Å². The van der Waals surface area contributed by atoms with Crippen molar-refractivity contribution in [2.24, 2.45) is 0 Å². The van der Waals surface area contributed by atoms with Gasteiger partial charge < -0.3 is 14.5 Å². The fraction of sp³-hybridized carbons (Fsp3) is 0.222. The number of hydrogen-bond donors (Lipinski definition) is 0. The Kier molecular flexibility index (Phi) is 3.72. The first-order chi connectivity index (χ1) is 13.0. The molecule has 27 heavy (non-hydrogen) atoms. The van der Waals surface area contributed by atoms with Crippen LogP contribution in [-0.2, 0) is 9.53 Å². The molecule has 1 aromatic heterocycles. The lowest BCUT2D eigenvalue weighted by molar-refractivity contribution is -0.137. The number of esters is 1. The second-order valence-corrected chi connectivity index (χ2v) is 6.12. The minimum absolute atomic E-state index is 0.0455. The van der Waals surface area contributed by atoms with Gasteiger partial charge in [-0.25, -0.2) is 4.79 Å². The topological polar surface area (TPSA) is 93.8 Å². The largest absolute Gasteiger partial charge is 0.463 e. The molecule has 9 nitrogen and oxygen atoms in total. The maximum absolute atomic E-state index is 13.1. The predicted molar refractivity (Wildman–Crippen MR) is 95.6 cm³/mol. The Morgan fingerprint density at radius 1 is 1.11 bits per heavy atom. The standard InChI is InChI=1S/C18H16N4O5/c1-3-27-14(23)10-13-17(26)21-15(24)11-6-4-5-7-12(11)16(25)22(21)18-19(2)8-9-20(13)18/h4-10,18H,3H2,1-2H3/b13-10+. The Morgan fingerprint density at radius 3 is 2.44 bits per heavy atom. The van der Waals surface area contributed by atoms with Crippen LogP contribution in [0.2, 0.25) is 0 Å². The van der Waals surface area contributed by atoms with Gasteiger partial charge in [0.1, 0.15) is 5.70 Å². The van der Waals surface area contributed by atoms with E-state index in [0.717, 1.165) is 15.4 Å². The van der Waals surface area contributed by atoms with Gasteiger partial charge in [0.25, 0.3) is 17.0 Å². The van der Waals surface area contributed by atoms with Crippen molar-refractivity contribution in [1.82, 2.24) is 19.2 Å². The third-order valence-corrected chi connectivity index (χ3v) is 4.53. The second kappa shape index (κ2) is 5.97. The number of fused-ring (bicyclic) bond motifs is 4. The monoisotopic (exact) mass is 368 g/mol. The highest BCUT2D eigenvalue weighted by atomic mass is 16.5. The zero-order valence-corrected chi connectivity index (χ0v) is 14.7. The predicted octanol–water partition coefficient (Wildman–Crippen LogP) is 0.439. The molecule has 1 atom stereocenters. The first kappa shape index (κ1) is 16.8. The van der Waals surface area contributed by atoms with Gasteiger partial charge in [0.2, 0.25) is 6.29 Å². The quantitative estimate of drug-likeness (QED) is 0.561. The number of benzene rings is 1. The molecule has 2 aliphatic heterocycles. The van der Waals surface area contributed by atoms with E-state index < -0.39 is 29.3 Å². The third-order valence-electron chi connectivity index (χ3n) is 4.53. The smallest absolute Gasteiger partial charge is 0.333 e. The van der Waals surface area contributed by atoms with E-state index in [1.54, 1.807) is 49.5 Å². The highest BCUT2D eigenvalue weighted by Gasteiger charge is 2.41. The highest BCUT2D eigenvalue weighted by Crippen LogP contribution is 2.31. The second-order valence-electron chi connectivity index (χ2n) is 6.12. The van der Waals surface area contributed by atoms with Gasteiger partial charge in [-0.2, -0.15) is 9.36 Å². The maximum atomic E-state index is 13.1. The summed E-state index contributed by atoms with van der Waals surface area (Å²) in [6.07, 6.45) is 3.48. The molecular weight excluding hydrogens is 352 g/mol. The molecule has 0 saturated heterocycles. The van der Waals surface area contributed by atoms with Crippen molar-refractivity contribution in [2.75, 3.05) is 13.7 Å². The molecule has 0 spiro atoms. The van der Waals surface area contributed by atoms with Crippen molar-refractivity contribution in [2.45, 2.75) is 13.2 Å². The van der Waals surface area contributed by atoms with E-state index in [0.29, 0.717) is 0 Å². The minimum Gasteiger partial charge on any atom is -0.463 e. The lowest BCUT2D eigenvalue weighted by Gasteiger charge is -2.38. The first-order valence-corrected chi connectivity index (χ1v) is 8.34.